The van der Waals surface area contributed by atoms with Gasteiger partial charge in [-0.05, 0) is 50.6 Å². The predicted octanol–water partition coefficient (Wildman–Crippen LogP) is 1.74. The molecular formula is C13H23N3. The Morgan fingerprint density at radius 2 is 2.19 bits per heavy atom. The summed E-state index contributed by atoms with van der Waals surface area (Å²) in [6, 6.07) is 3.01. The van der Waals surface area contributed by atoms with Crippen molar-refractivity contribution in [3.63, 3.8) is 0 Å². The predicted molar refractivity (Wildman–Crippen MR) is 64.7 cm³/mol. The van der Waals surface area contributed by atoms with Crippen LogP contribution in [-0.4, -0.2) is 31.1 Å². The Bertz CT molecular complexity index is 277. The topological polar surface area (TPSA) is 53.0 Å². The largest absolute Gasteiger partial charge is 0.330 e. The average molecular weight is 221 g/mol. The molecule has 3 nitrogen and oxygen atoms in total. The lowest BCUT2D eigenvalue weighted by Gasteiger charge is -2.31. The highest BCUT2D eigenvalue weighted by molar-refractivity contribution is 5.02. The van der Waals surface area contributed by atoms with Crippen molar-refractivity contribution in [1.82, 2.24) is 4.90 Å². The fourth-order valence-electron chi connectivity index (χ4n) is 3.25. The molecule has 0 aromatic rings. The summed E-state index contributed by atoms with van der Waals surface area (Å²) in [7, 11) is 2.22. The standard InChI is InChI=1S/C13H23N3/c1-16(10-13(5-6-13)7-8-14)12-4-2-3-11(12)9-15/h11-12H,2-7,9-10,15H2,1H3. The molecule has 2 aliphatic rings. The first-order valence-corrected chi connectivity index (χ1v) is 6.48. The third kappa shape index (κ3) is 2.39. The van der Waals surface area contributed by atoms with E-state index < -0.39 is 0 Å². The molecule has 16 heavy (non-hydrogen) atoms. The van der Waals surface area contributed by atoms with E-state index in [-0.39, 0.29) is 0 Å². The van der Waals surface area contributed by atoms with Gasteiger partial charge in [0.05, 0.1) is 6.07 Å². The zero-order valence-corrected chi connectivity index (χ0v) is 10.3. The molecule has 0 spiro atoms. The van der Waals surface area contributed by atoms with Crippen LogP contribution in [0, 0.1) is 22.7 Å². The maximum Gasteiger partial charge on any atom is 0.0628 e. The van der Waals surface area contributed by atoms with Crippen molar-refractivity contribution in [1.29, 1.82) is 5.26 Å². The number of rotatable bonds is 5. The van der Waals surface area contributed by atoms with Crippen LogP contribution in [0.15, 0.2) is 0 Å². The maximum atomic E-state index is 8.83. The highest BCUT2D eigenvalue weighted by atomic mass is 15.1. The molecule has 3 heteroatoms. The number of nitrogens with zero attached hydrogens (tertiary/aromatic N) is 2. The molecule has 0 aromatic heterocycles. The summed E-state index contributed by atoms with van der Waals surface area (Å²) >= 11 is 0. The number of nitriles is 1. The van der Waals surface area contributed by atoms with Crippen LogP contribution in [0.5, 0.6) is 0 Å². The molecule has 0 aliphatic heterocycles. The molecule has 2 unspecified atom stereocenters. The minimum atomic E-state index is 0.339. The minimum absolute atomic E-state index is 0.339. The lowest BCUT2D eigenvalue weighted by molar-refractivity contribution is 0.165. The second-order valence-electron chi connectivity index (χ2n) is 5.74. The van der Waals surface area contributed by atoms with Crippen molar-refractivity contribution >= 4 is 0 Å². The van der Waals surface area contributed by atoms with Gasteiger partial charge in [-0.1, -0.05) is 6.42 Å². The Balaban J connectivity index is 1.88. The van der Waals surface area contributed by atoms with Gasteiger partial charge in [0.1, 0.15) is 0 Å². The van der Waals surface area contributed by atoms with E-state index in [9.17, 15) is 0 Å². The summed E-state index contributed by atoms with van der Waals surface area (Å²) < 4.78 is 0. The van der Waals surface area contributed by atoms with Crippen molar-refractivity contribution in [3.8, 4) is 6.07 Å². The summed E-state index contributed by atoms with van der Waals surface area (Å²) in [4.78, 5) is 2.48. The Morgan fingerprint density at radius 1 is 1.44 bits per heavy atom. The summed E-state index contributed by atoms with van der Waals surface area (Å²) in [6.07, 6.45) is 7.12. The molecule has 0 aromatic carbocycles. The summed E-state index contributed by atoms with van der Waals surface area (Å²) in [6.45, 7) is 1.92. The van der Waals surface area contributed by atoms with Gasteiger partial charge in [0, 0.05) is 19.0 Å². The smallest absolute Gasteiger partial charge is 0.0628 e. The van der Waals surface area contributed by atoms with Crippen molar-refractivity contribution in [2.24, 2.45) is 17.1 Å². The molecule has 0 bridgehead atoms. The Morgan fingerprint density at radius 3 is 2.75 bits per heavy atom. The molecule has 0 amide bonds. The van der Waals surface area contributed by atoms with Gasteiger partial charge in [-0.15, -0.1) is 0 Å². The minimum Gasteiger partial charge on any atom is -0.330 e. The van der Waals surface area contributed by atoms with Crippen molar-refractivity contribution in [2.45, 2.75) is 44.6 Å². The Labute approximate surface area is 98.6 Å². The van der Waals surface area contributed by atoms with E-state index in [1.807, 2.05) is 0 Å². The molecule has 2 N–H and O–H groups in total. The molecular weight excluding hydrogens is 198 g/mol. The molecule has 2 aliphatic carbocycles. The number of hydrogen-bond donors (Lipinski definition) is 1. The molecule has 0 radical (unpaired) electrons. The van der Waals surface area contributed by atoms with Gasteiger partial charge in [-0.2, -0.15) is 5.26 Å². The zero-order valence-electron chi connectivity index (χ0n) is 10.3. The van der Waals surface area contributed by atoms with Crippen LogP contribution in [0.4, 0.5) is 0 Å². The number of nitrogens with two attached hydrogens (primary N) is 1. The number of hydrogen-bond acceptors (Lipinski definition) is 3. The molecule has 2 atom stereocenters. The Hall–Kier alpha value is -0.590. The first-order valence-electron chi connectivity index (χ1n) is 6.48. The average Bonchev–Trinajstić information content (AvgIpc) is 2.84. The van der Waals surface area contributed by atoms with E-state index >= 15 is 0 Å². The van der Waals surface area contributed by atoms with E-state index in [4.69, 9.17) is 11.0 Å². The van der Waals surface area contributed by atoms with Crippen LogP contribution in [-0.2, 0) is 0 Å². The van der Waals surface area contributed by atoms with Gasteiger partial charge < -0.3 is 10.6 Å². The third-order valence-corrected chi connectivity index (χ3v) is 4.48. The molecule has 0 heterocycles. The SMILES string of the molecule is CN(CC1(CC#N)CC1)C1CCCC1CN. The van der Waals surface area contributed by atoms with Gasteiger partial charge >= 0.3 is 0 Å². The van der Waals surface area contributed by atoms with Crippen molar-refractivity contribution in [3.05, 3.63) is 0 Å². The Kier molecular flexibility index (Phi) is 3.51. The quantitative estimate of drug-likeness (QED) is 0.769. The fourth-order valence-corrected chi connectivity index (χ4v) is 3.25. The van der Waals surface area contributed by atoms with E-state index in [1.54, 1.807) is 0 Å². The first kappa shape index (κ1) is 11.9. The van der Waals surface area contributed by atoms with Crippen LogP contribution in [0.25, 0.3) is 0 Å². The fraction of sp³-hybridized carbons (Fsp3) is 0.923. The monoisotopic (exact) mass is 221 g/mol. The van der Waals surface area contributed by atoms with Crippen LogP contribution in [0.1, 0.15) is 38.5 Å². The van der Waals surface area contributed by atoms with E-state index in [2.05, 4.69) is 18.0 Å². The molecule has 2 saturated carbocycles. The van der Waals surface area contributed by atoms with Crippen LogP contribution >= 0.6 is 0 Å². The molecule has 2 rings (SSSR count). The van der Waals surface area contributed by atoms with Crippen LogP contribution in [0.2, 0.25) is 0 Å². The van der Waals surface area contributed by atoms with E-state index in [0.717, 1.165) is 19.5 Å². The van der Waals surface area contributed by atoms with Crippen LogP contribution in [0.3, 0.4) is 0 Å². The van der Waals surface area contributed by atoms with E-state index in [0.29, 0.717) is 17.4 Å². The molecule has 90 valence electrons. The summed E-state index contributed by atoms with van der Waals surface area (Å²) in [5, 5.41) is 8.83. The van der Waals surface area contributed by atoms with Crippen molar-refractivity contribution < 1.29 is 0 Å². The second-order valence-corrected chi connectivity index (χ2v) is 5.74. The van der Waals surface area contributed by atoms with Gasteiger partial charge in [0.15, 0.2) is 0 Å². The maximum absolute atomic E-state index is 8.83. The van der Waals surface area contributed by atoms with Crippen LogP contribution < -0.4 is 5.73 Å². The second kappa shape index (κ2) is 4.73. The highest BCUT2D eigenvalue weighted by Crippen LogP contribution is 2.49. The van der Waals surface area contributed by atoms with Gasteiger partial charge in [-0.3, -0.25) is 0 Å². The lowest BCUT2D eigenvalue weighted by atomic mass is 9.98. The van der Waals surface area contributed by atoms with Crippen molar-refractivity contribution in [2.75, 3.05) is 20.1 Å². The molecule has 0 saturated heterocycles. The lowest BCUT2D eigenvalue weighted by Crippen LogP contribution is -2.40. The van der Waals surface area contributed by atoms with Gasteiger partial charge in [0.25, 0.3) is 0 Å². The van der Waals surface area contributed by atoms with Gasteiger partial charge in [-0.25, -0.2) is 0 Å². The first-order chi connectivity index (χ1) is 7.71. The summed E-state index contributed by atoms with van der Waals surface area (Å²) in [5.74, 6) is 0.683. The third-order valence-electron chi connectivity index (χ3n) is 4.48. The zero-order chi connectivity index (χ0) is 11.6. The van der Waals surface area contributed by atoms with Gasteiger partial charge in [0.2, 0.25) is 0 Å². The highest BCUT2D eigenvalue weighted by Gasteiger charge is 2.44. The molecule has 2 fully saturated rings. The van der Waals surface area contributed by atoms with E-state index in [1.165, 1.54) is 32.1 Å². The normalized spacial score (nSPS) is 31.6. The summed E-state index contributed by atoms with van der Waals surface area (Å²) in [5.41, 5.74) is 6.16.